The minimum Gasteiger partial charge on any atom is -0.380 e. The molecule has 0 spiro atoms. The molecule has 0 aliphatic rings. The Bertz CT molecular complexity index is 491. The number of nitrogens with one attached hydrogen (secondary N) is 2. The third-order valence-corrected chi connectivity index (χ3v) is 2.66. The molecule has 0 aromatic heterocycles. The molecule has 7 heteroatoms. The summed E-state index contributed by atoms with van der Waals surface area (Å²) in [5.74, 6) is -0.359. The Morgan fingerprint density at radius 3 is 2.75 bits per heavy atom. The predicted molar refractivity (Wildman–Crippen MR) is 76.1 cm³/mol. The molecule has 1 aromatic carbocycles. The summed E-state index contributed by atoms with van der Waals surface area (Å²) >= 11 is 0. The first kappa shape index (κ1) is 15.9. The standard InChI is InChI=1S/C13H19N3O4/c1-4-20-8-9(2)15-11-6-5-10(13(17)14-3)7-12(11)16(18)19/h5-7,9,15H,4,8H2,1-3H3,(H,14,17). The van der Waals surface area contributed by atoms with Gasteiger partial charge in [-0.3, -0.25) is 14.9 Å². The molecule has 0 fully saturated rings. The molecular weight excluding hydrogens is 262 g/mol. The van der Waals surface area contributed by atoms with E-state index in [0.717, 1.165) is 0 Å². The van der Waals surface area contributed by atoms with Crippen molar-refractivity contribution in [2.45, 2.75) is 19.9 Å². The van der Waals surface area contributed by atoms with Gasteiger partial charge in [-0.2, -0.15) is 0 Å². The normalized spacial score (nSPS) is 11.8. The van der Waals surface area contributed by atoms with Crippen LogP contribution in [0.3, 0.4) is 0 Å². The first-order valence-electron chi connectivity index (χ1n) is 6.34. The van der Waals surface area contributed by atoms with Crippen molar-refractivity contribution >= 4 is 17.3 Å². The van der Waals surface area contributed by atoms with Crippen LogP contribution in [0.2, 0.25) is 0 Å². The molecule has 2 N–H and O–H groups in total. The molecular formula is C13H19N3O4. The van der Waals surface area contributed by atoms with Gasteiger partial charge in [0.15, 0.2) is 0 Å². The zero-order valence-electron chi connectivity index (χ0n) is 11.8. The van der Waals surface area contributed by atoms with Crippen LogP contribution in [-0.4, -0.2) is 37.1 Å². The van der Waals surface area contributed by atoms with Gasteiger partial charge in [0.05, 0.1) is 11.5 Å². The minimum absolute atomic E-state index is 0.0699. The first-order chi connectivity index (χ1) is 9.49. The van der Waals surface area contributed by atoms with E-state index in [1.807, 2.05) is 13.8 Å². The summed E-state index contributed by atoms with van der Waals surface area (Å²) in [5.41, 5.74) is 0.492. The molecule has 1 amide bonds. The van der Waals surface area contributed by atoms with E-state index in [1.54, 1.807) is 6.07 Å². The number of nitrogens with zero attached hydrogens (tertiary/aromatic N) is 1. The van der Waals surface area contributed by atoms with Crippen LogP contribution in [0.4, 0.5) is 11.4 Å². The van der Waals surface area contributed by atoms with E-state index in [-0.39, 0.29) is 23.2 Å². The molecule has 0 saturated carbocycles. The number of rotatable bonds is 7. The molecule has 1 aromatic rings. The molecule has 0 heterocycles. The maximum absolute atomic E-state index is 11.5. The zero-order chi connectivity index (χ0) is 15.1. The number of benzene rings is 1. The van der Waals surface area contributed by atoms with Gasteiger partial charge in [0.25, 0.3) is 11.6 Å². The summed E-state index contributed by atoms with van der Waals surface area (Å²) in [6, 6.07) is 4.26. The zero-order valence-corrected chi connectivity index (χ0v) is 11.8. The number of ether oxygens (including phenoxy) is 1. The topological polar surface area (TPSA) is 93.5 Å². The van der Waals surface area contributed by atoms with Gasteiger partial charge in [0, 0.05) is 31.3 Å². The van der Waals surface area contributed by atoms with E-state index in [1.165, 1.54) is 19.2 Å². The number of hydrogen-bond acceptors (Lipinski definition) is 5. The molecule has 7 nitrogen and oxygen atoms in total. The predicted octanol–water partition coefficient (Wildman–Crippen LogP) is 1.79. The summed E-state index contributed by atoms with van der Waals surface area (Å²) in [4.78, 5) is 22.1. The number of nitro groups is 1. The Kier molecular flexibility index (Phi) is 5.92. The quantitative estimate of drug-likeness (QED) is 0.587. The van der Waals surface area contributed by atoms with E-state index < -0.39 is 4.92 Å². The fourth-order valence-corrected chi connectivity index (χ4v) is 1.69. The highest BCUT2D eigenvalue weighted by Gasteiger charge is 2.18. The lowest BCUT2D eigenvalue weighted by Gasteiger charge is -2.15. The van der Waals surface area contributed by atoms with Gasteiger partial charge in [-0.15, -0.1) is 0 Å². The maximum atomic E-state index is 11.5. The van der Waals surface area contributed by atoms with Crippen LogP contribution in [0.25, 0.3) is 0 Å². The highest BCUT2D eigenvalue weighted by atomic mass is 16.6. The van der Waals surface area contributed by atoms with Gasteiger partial charge in [0.1, 0.15) is 5.69 Å². The lowest BCUT2D eigenvalue weighted by atomic mass is 10.1. The second-order valence-corrected chi connectivity index (χ2v) is 4.27. The van der Waals surface area contributed by atoms with Crippen molar-refractivity contribution in [3.8, 4) is 0 Å². The largest absolute Gasteiger partial charge is 0.380 e. The van der Waals surface area contributed by atoms with Crippen molar-refractivity contribution in [2.24, 2.45) is 0 Å². The number of nitro benzene ring substituents is 1. The van der Waals surface area contributed by atoms with Crippen LogP contribution in [0, 0.1) is 10.1 Å². The fraction of sp³-hybridized carbons (Fsp3) is 0.462. The number of anilines is 1. The van der Waals surface area contributed by atoms with Gasteiger partial charge in [0.2, 0.25) is 0 Å². The number of carbonyl (C=O) groups excluding carboxylic acids is 1. The number of amides is 1. The van der Waals surface area contributed by atoms with Gasteiger partial charge in [-0.1, -0.05) is 0 Å². The molecule has 1 rings (SSSR count). The lowest BCUT2D eigenvalue weighted by Crippen LogP contribution is -2.23. The molecule has 110 valence electrons. The van der Waals surface area contributed by atoms with Gasteiger partial charge >= 0.3 is 0 Å². The molecule has 20 heavy (non-hydrogen) atoms. The Labute approximate surface area is 117 Å². The van der Waals surface area contributed by atoms with E-state index >= 15 is 0 Å². The third kappa shape index (κ3) is 4.20. The summed E-state index contributed by atoms with van der Waals surface area (Å²) in [6.07, 6.45) is 0. The number of hydrogen-bond donors (Lipinski definition) is 2. The fourth-order valence-electron chi connectivity index (χ4n) is 1.69. The Morgan fingerprint density at radius 1 is 1.50 bits per heavy atom. The van der Waals surface area contributed by atoms with Crippen LogP contribution in [0.5, 0.6) is 0 Å². The number of carbonyl (C=O) groups is 1. The van der Waals surface area contributed by atoms with Crippen LogP contribution in [0.15, 0.2) is 18.2 Å². The Balaban J connectivity index is 2.96. The molecule has 0 saturated heterocycles. The minimum atomic E-state index is -0.512. The van der Waals surface area contributed by atoms with Crippen LogP contribution < -0.4 is 10.6 Å². The average Bonchev–Trinajstić information content (AvgIpc) is 2.44. The Hall–Kier alpha value is -2.15. The van der Waals surface area contributed by atoms with Gasteiger partial charge in [-0.25, -0.2) is 0 Å². The van der Waals surface area contributed by atoms with Crippen molar-refractivity contribution in [3.63, 3.8) is 0 Å². The summed E-state index contributed by atoms with van der Waals surface area (Å²) in [6.45, 7) is 4.79. The van der Waals surface area contributed by atoms with Crippen molar-refractivity contribution in [1.29, 1.82) is 0 Å². The highest BCUT2D eigenvalue weighted by Crippen LogP contribution is 2.26. The molecule has 0 bridgehead atoms. The van der Waals surface area contributed by atoms with E-state index in [4.69, 9.17) is 4.74 Å². The van der Waals surface area contributed by atoms with Crippen molar-refractivity contribution in [3.05, 3.63) is 33.9 Å². The SMILES string of the molecule is CCOCC(C)Nc1ccc(C(=O)NC)cc1[N+](=O)[O-]. The smallest absolute Gasteiger partial charge is 0.293 e. The van der Waals surface area contributed by atoms with Gasteiger partial charge in [-0.05, 0) is 26.0 Å². The van der Waals surface area contributed by atoms with Crippen LogP contribution in [-0.2, 0) is 4.74 Å². The monoisotopic (exact) mass is 281 g/mol. The maximum Gasteiger partial charge on any atom is 0.293 e. The van der Waals surface area contributed by atoms with E-state index in [9.17, 15) is 14.9 Å². The molecule has 1 unspecified atom stereocenters. The second kappa shape index (κ2) is 7.44. The van der Waals surface area contributed by atoms with Gasteiger partial charge < -0.3 is 15.4 Å². The first-order valence-corrected chi connectivity index (χ1v) is 6.34. The van der Waals surface area contributed by atoms with Crippen molar-refractivity contribution in [1.82, 2.24) is 5.32 Å². The second-order valence-electron chi connectivity index (χ2n) is 4.27. The summed E-state index contributed by atoms with van der Waals surface area (Å²) in [7, 11) is 1.48. The van der Waals surface area contributed by atoms with E-state index in [2.05, 4.69) is 10.6 Å². The van der Waals surface area contributed by atoms with Crippen LogP contribution >= 0.6 is 0 Å². The Morgan fingerprint density at radius 2 is 2.20 bits per heavy atom. The molecule has 1 atom stereocenters. The molecule has 0 radical (unpaired) electrons. The van der Waals surface area contributed by atoms with Crippen molar-refractivity contribution in [2.75, 3.05) is 25.6 Å². The van der Waals surface area contributed by atoms with E-state index in [0.29, 0.717) is 18.9 Å². The molecule has 0 aliphatic carbocycles. The van der Waals surface area contributed by atoms with Crippen molar-refractivity contribution < 1.29 is 14.5 Å². The average molecular weight is 281 g/mol. The highest BCUT2D eigenvalue weighted by molar-refractivity contribution is 5.95. The third-order valence-electron chi connectivity index (χ3n) is 2.66. The molecule has 0 aliphatic heterocycles. The lowest BCUT2D eigenvalue weighted by molar-refractivity contribution is -0.384. The van der Waals surface area contributed by atoms with Crippen LogP contribution in [0.1, 0.15) is 24.2 Å². The summed E-state index contributed by atoms with van der Waals surface area (Å²) < 4.78 is 5.25. The summed E-state index contributed by atoms with van der Waals surface area (Å²) in [5, 5.41) is 16.5.